The maximum atomic E-state index is 13.3. The minimum Gasteiger partial charge on any atom is -0.352 e. The van der Waals surface area contributed by atoms with Crippen molar-refractivity contribution in [3.05, 3.63) is 71.3 Å². The van der Waals surface area contributed by atoms with Gasteiger partial charge in [-0.1, -0.05) is 42.5 Å². The van der Waals surface area contributed by atoms with Crippen LogP contribution in [0, 0.1) is 0 Å². The number of rotatable bonds is 7. The molecule has 30 heavy (non-hydrogen) atoms. The van der Waals surface area contributed by atoms with Gasteiger partial charge in [0, 0.05) is 19.5 Å². The molecule has 1 saturated carbocycles. The highest BCUT2D eigenvalue weighted by molar-refractivity contribution is 6.22. The van der Waals surface area contributed by atoms with Gasteiger partial charge < -0.3 is 10.2 Å². The predicted molar refractivity (Wildman–Crippen MR) is 110 cm³/mol. The first-order chi connectivity index (χ1) is 14.5. The Kier molecular flexibility index (Phi) is 5.35. The third kappa shape index (κ3) is 3.96. The van der Waals surface area contributed by atoms with Gasteiger partial charge in [-0.2, -0.15) is 0 Å². The minimum absolute atomic E-state index is 0.121. The summed E-state index contributed by atoms with van der Waals surface area (Å²) in [6, 6.07) is 15.0. The summed E-state index contributed by atoms with van der Waals surface area (Å²) in [7, 11) is 1.52. The van der Waals surface area contributed by atoms with Crippen LogP contribution in [0.3, 0.4) is 0 Å². The van der Waals surface area contributed by atoms with E-state index < -0.39 is 23.8 Å². The number of benzene rings is 2. The van der Waals surface area contributed by atoms with Crippen LogP contribution in [0.25, 0.3) is 0 Å². The lowest BCUT2D eigenvalue weighted by atomic mass is 10.0. The van der Waals surface area contributed by atoms with Crippen molar-refractivity contribution < 1.29 is 19.2 Å². The number of carbonyl (C=O) groups is 4. The molecule has 2 aromatic carbocycles. The number of hydrogen-bond acceptors (Lipinski definition) is 4. The summed E-state index contributed by atoms with van der Waals surface area (Å²) >= 11 is 0. The zero-order valence-electron chi connectivity index (χ0n) is 16.7. The first-order valence-corrected chi connectivity index (χ1v) is 10.0. The molecular weight excluding hydrogens is 382 g/mol. The van der Waals surface area contributed by atoms with E-state index >= 15 is 0 Å². The van der Waals surface area contributed by atoms with E-state index in [4.69, 9.17) is 0 Å². The van der Waals surface area contributed by atoms with Crippen LogP contribution in [0.2, 0.25) is 0 Å². The van der Waals surface area contributed by atoms with E-state index in [9.17, 15) is 19.2 Å². The third-order valence-corrected chi connectivity index (χ3v) is 5.39. The molecule has 0 spiro atoms. The standard InChI is InChI=1S/C23H23N3O4/c1-25(14-20(27)24-16-11-12-16)23(30)19(13-15-7-3-2-4-8-15)26-21(28)17-9-5-6-10-18(17)22(26)29/h2-10,16,19H,11-14H2,1H3,(H,24,27)/t19-/m0/s1. The average Bonchev–Trinajstić information content (AvgIpc) is 3.52. The molecule has 2 aromatic rings. The van der Waals surface area contributed by atoms with Crippen LogP contribution < -0.4 is 5.32 Å². The second-order valence-electron chi connectivity index (χ2n) is 7.77. The second-order valence-corrected chi connectivity index (χ2v) is 7.77. The molecule has 4 amide bonds. The van der Waals surface area contributed by atoms with E-state index in [1.165, 1.54) is 11.9 Å². The Morgan fingerprint density at radius 2 is 1.57 bits per heavy atom. The van der Waals surface area contributed by atoms with E-state index in [-0.39, 0.29) is 24.9 Å². The summed E-state index contributed by atoms with van der Waals surface area (Å²) in [5.41, 5.74) is 1.41. The molecule has 7 heteroatoms. The van der Waals surface area contributed by atoms with Gasteiger partial charge in [0.2, 0.25) is 11.8 Å². The monoisotopic (exact) mass is 405 g/mol. The van der Waals surface area contributed by atoms with Crippen LogP contribution in [0.15, 0.2) is 54.6 Å². The van der Waals surface area contributed by atoms with E-state index in [2.05, 4.69) is 5.32 Å². The Hall–Kier alpha value is -3.48. The summed E-state index contributed by atoms with van der Waals surface area (Å²) in [4.78, 5) is 53.8. The fraction of sp³-hybridized carbons (Fsp3) is 0.304. The van der Waals surface area contributed by atoms with Crippen molar-refractivity contribution in [2.24, 2.45) is 0 Å². The van der Waals surface area contributed by atoms with E-state index in [1.807, 2.05) is 30.3 Å². The lowest BCUT2D eigenvalue weighted by Gasteiger charge is -2.29. The second kappa shape index (κ2) is 8.10. The fourth-order valence-corrected chi connectivity index (χ4v) is 3.67. The quantitative estimate of drug-likeness (QED) is 0.710. The summed E-state index contributed by atoms with van der Waals surface area (Å²) in [6.45, 7) is -0.121. The van der Waals surface area contributed by atoms with E-state index in [0.29, 0.717) is 11.1 Å². The SMILES string of the molecule is CN(CC(=O)NC1CC1)C(=O)[C@H](Cc1ccccc1)N1C(=O)c2ccccc2C1=O. The predicted octanol–water partition coefficient (Wildman–Crippen LogP) is 1.63. The van der Waals surface area contributed by atoms with Crippen molar-refractivity contribution >= 4 is 23.6 Å². The van der Waals surface area contributed by atoms with Gasteiger partial charge in [-0.25, -0.2) is 0 Å². The van der Waals surface area contributed by atoms with Crippen molar-refractivity contribution in [3.8, 4) is 0 Å². The smallest absolute Gasteiger partial charge is 0.262 e. The molecule has 1 fully saturated rings. The molecule has 0 aromatic heterocycles. The lowest BCUT2D eigenvalue weighted by molar-refractivity contribution is -0.137. The van der Waals surface area contributed by atoms with Crippen molar-refractivity contribution in [2.75, 3.05) is 13.6 Å². The maximum Gasteiger partial charge on any atom is 0.262 e. The van der Waals surface area contributed by atoms with Crippen LogP contribution in [0.4, 0.5) is 0 Å². The van der Waals surface area contributed by atoms with Crippen LogP contribution in [0.1, 0.15) is 39.1 Å². The van der Waals surface area contributed by atoms with Crippen molar-refractivity contribution in [3.63, 3.8) is 0 Å². The average molecular weight is 405 g/mol. The summed E-state index contributed by atoms with van der Waals surface area (Å²) in [5.74, 6) is -1.66. The highest BCUT2D eigenvalue weighted by atomic mass is 16.2. The zero-order chi connectivity index (χ0) is 21.3. The molecule has 1 heterocycles. The first-order valence-electron chi connectivity index (χ1n) is 10.0. The molecule has 1 aliphatic heterocycles. The molecule has 154 valence electrons. The molecule has 7 nitrogen and oxygen atoms in total. The Morgan fingerprint density at radius 1 is 1.00 bits per heavy atom. The number of carbonyl (C=O) groups excluding carboxylic acids is 4. The van der Waals surface area contributed by atoms with Crippen molar-refractivity contribution in [1.29, 1.82) is 0 Å². The summed E-state index contributed by atoms with van der Waals surface area (Å²) in [5, 5.41) is 2.85. The largest absolute Gasteiger partial charge is 0.352 e. The van der Waals surface area contributed by atoms with Gasteiger partial charge in [-0.05, 0) is 30.5 Å². The Morgan fingerprint density at radius 3 is 2.13 bits per heavy atom. The Bertz CT molecular complexity index is 966. The minimum atomic E-state index is -1.03. The number of likely N-dealkylation sites (N-methyl/N-ethyl adjacent to an activating group) is 1. The molecule has 0 bridgehead atoms. The third-order valence-electron chi connectivity index (χ3n) is 5.39. The van der Waals surface area contributed by atoms with Crippen molar-refractivity contribution in [2.45, 2.75) is 31.3 Å². The molecule has 1 aliphatic carbocycles. The molecule has 2 aliphatic rings. The van der Waals surface area contributed by atoms with Crippen molar-refractivity contribution in [1.82, 2.24) is 15.1 Å². The number of fused-ring (bicyclic) bond motifs is 1. The normalized spacial score (nSPS) is 16.2. The van der Waals surface area contributed by atoms with Crippen LogP contribution in [-0.4, -0.2) is 59.1 Å². The van der Waals surface area contributed by atoms with Crippen LogP contribution in [-0.2, 0) is 16.0 Å². The van der Waals surface area contributed by atoms with Gasteiger partial charge >= 0.3 is 0 Å². The Balaban J connectivity index is 1.59. The molecular formula is C23H23N3O4. The Labute approximate surface area is 174 Å². The summed E-state index contributed by atoms with van der Waals surface area (Å²) in [6.07, 6.45) is 2.09. The van der Waals surface area contributed by atoms with Gasteiger partial charge in [0.15, 0.2) is 0 Å². The molecule has 0 radical (unpaired) electrons. The highest BCUT2D eigenvalue weighted by Crippen LogP contribution is 2.26. The van der Waals surface area contributed by atoms with Crippen LogP contribution >= 0.6 is 0 Å². The number of nitrogens with zero attached hydrogens (tertiary/aromatic N) is 2. The van der Waals surface area contributed by atoms with Gasteiger partial charge in [0.05, 0.1) is 17.7 Å². The van der Waals surface area contributed by atoms with Gasteiger partial charge in [0.25, 0.3) is 11.8 Å². The molecule has 1 atom stereocenters. The maximum absolute atomic E-state index is 13.3. The zero-order valence-corrected chi connectivity index (χ0v) is 16.7. The fourth-order valence-electron chi connectivity index (χ4n) is 3.67. The highest BCUT2D eigenvalue weighted by Gasteiger charge is 2.43. The number of hydrogen-bond donors (Lipinski definition) is 1. The molecule has 4 rings (SSSR count). The van der Waals surface area contributed by atoms with E-state index in [0.717, 1.165) is 23.3 Å². The van der Waals surface area contributed by atoms with Gasteiger partial charge in [-0.15, -0.1) is 0 Å². The molecule has 0 saturated heterocycles. The number of amides is 4. The van der Waals surface area contributed by atoms with Crippen LogP contribution in [0.5, 0.6) is 0 Å². The number of imide groups is 1. The first kappa shape index (κ1) is 19.8. The molecule has 0 unspecified atom stereocenters. The molecule has 1 N–H and O–H groups in total. The van der Waals surface area contributed by atoms with E-state index in [1.54, 1.807) is 24.3 Å². The number of nitrogens with one attached hydrogen (secondary N) is 1. The van der Waals surface area contributed by atoms with Gasteiger partial charge in [-0.3, -0.25) is 24.1 Å². The summed E-state index contributed by atoms with van der Waals surface area (Å²) < 4.78 is 0. The van der Waals surface area contributed by atoms with Gasteiger partial charge in [0.1, 0.15) is 6.04 Å². The lowest BCUT2D eigenvalue weighted by Crippen LogP contribution is -2.52. The topological polar surface area (TPSA) is 86.8 Å².